The second-order valence-electron chi connectivity index (χ2n) is 11.9. The molecule has 0 saturated heterocycles. The second-order valence-corrected chi connectivity index (χ2v) is 11.9. The van der Waals surface area contributed by atoms with E-state index in [1.54, 1.807) is 0 Å². The summed E-state index contributed by atoms with van der Waals surface area (Å²) in [5.41, 5.74) is 9.73. The molecule has 2 aromatic heterocycles. The summed E-state index contributed by atoms with van der Waals surface area (Å²) in [6, 6.07) is 57.7. The van der Waals surface area contributed by atoms with E-state index in [1.165, 1.54) is 11.1 Å². The fourth-order valence-electron chi connectivity index (χ4n) is 6.31. The third kappa shape index (κ3) is 5.43. The number of benzene rings is 7. The second kappa shape index (κ2) is 12.1. The van der Waals surface area contributed by atoms with Crippen LogP contribution in [-0.4, -0.2) is 19.9 Å². The lowest BCUT2D eigenvalue weighted by Gasteiger charge is -2.11. The van der Waals surface area contributed by atoms with Crippen LogP contribution in [0, 0.1) is 0 Å². The lowest BCUT2D eigenvalue weighted by Crippen LogP contribution is -2.00. The van der Waals surface area contributed by atoms with Gasteiger partial charge in [0, 0.05) is 27.6 Å². The van der Waals surface area contributed by atoms with Gasteiger partial charge in [0.1, 0.15) is 5.52 Å². The lowest BCUT2D eigenvalue weighted by molar-refractivity contribution is 0.623. The molecule has 5 heteroatoms. The van der Waals surface area contributed by atoms with Gasteiger partial charge in [-0.25, -0.2) is 19.9 Å². The summed E-state index contributed by atoms with van der Waals surface area (Å²) < 4.78 is 6.47. The summed E-state index contributed by atoms with van der Waals surface area (Å²) in [5.74, 6) is 2.35. The molecule has 5 nitrogen and oxygen atoms in total. The molecule has 0 unspecified atom stereocenters. The highest BCUT2D eigenvalue weighted by molar-refractivity contribution is 6.10. The van der Waals surface area contributed by atoms with Gasteiger partial charge in [0.05, 0.1) is 0 Å². The summed E-state index contributed by atoms with van der Waals surface area (Å²) in [7, 11) is 0. The molecule has 0 aliphatic rings. The van der Waals surface area contributed by atoms with Crippen LogP contribution in [0.2, 0.25) is 0 Å². The maximum absolute atomic E-state index is 6.47. The quantitative estimate of drug-likeness (QED) is 0.183. The molecule has 2 heterocycles. The Balaban J connectivity index is 1.17. The molecular weight excluding hydrogens is 601 g/mol. The van der Waals surface area contributed by atoms with E-state index < -0.39 is 0 Å². The van der Waals surface area contributed by atoms with Gasteiger partial charge in [0.25, 0.3) is 0 Å². The van der Waals surface area contributed by atoms with Crippen LogP contribution in [0.1, 0.15) is 0 Å². The number of oxazole rings is 1. The van der Waals surface area contributed by atoms with Crippen molar-refractivity contribution in [2.75, 3.05) is 0 Å². The van der Waals surface area contributed by atoms with E-state index in [2.05, 4.69) is 84.9 Å². The molecule has 7 aromatic carbocycles. The van der Waals surface area contributed by atoms with Gasteiger partial charge in [-0.1, -0.05) is 146 Å². The van der Waals surface area contributed by atoms with E-state index in [1.807, 2.05) is 84.9 Å². The number of fused-ring (bicyclic) bond motifs is 3. The Morgan fingerprint density at radius 3 is 1.53 bits per heavy atom. The van der Waals surface area contributed by atoms with E-state index in [4.69, 9.17) is 24.4 Å². The van der Waals surface area contributed by atoms with Crippen molar-refractivity contribution in [1.29, 1.82) is 0 Å². The van der Waals surface area contributed by atoms with E-state index in [9.17, 15) is 0 Å². The molecule has 0 aliphatic carbocycles. The summed E-state index contributed by atoms with van der Waals surface area (Å²) >= 11 is 0. The molecule has 230 valence electrons. The maximum Gasteiger partial charge on any atom is 0.227 e. The fourth-order valence-corrected chi connectivity index (χ4v) is 6.31. The zero-order valence-electron chi connectivity index (χ0n) is 26.4. The first-order valence-electron chi connectivity index (χ1n) is 16.2. The minimum Gasteiger partial charge on any atom is -0.435 e. The Hall–Kier alpha value is -6.72. The Morgan fingerprint density at radius 1 is 0.347 bits per heavy atom. The van der Waals surface area contributed by atoms with Crippen molar-refractivity contribution in [2.45, 2.75) is 0 Å². The molecule has 9 rings (SSSR count). The van der Waals surface area contributed by atoms with Crippen LogP contribution in [-0.2, 0) is 0 Å². The fraction of sp³-hybridized carbons (Fsp3) is 0. The molecule has 0 fully saturated rings. The van der Waals surface area contributed by atoms with Crippen LogP contribution in [0.5, 0.6) is 0 Å². The molecule has 0 bridgehead atoms. The van der Waals surface area contributed by atoms with Crippen LogP contribution in [0.15, 0.2) is 174 Å². The monoisotopic (exact) mass is 628 g/mol. The smallest absolute Gasteiger partial charge is 0.227 e. The maximum atomic E-state index is 6.47. The minimum atomic E-state index is 0.569. The van der Waals surface area contributed by atoms with Gasteiger partial charge >= 0.3 is 0 Å². The third-order valence-electron chi connectivity index (χ3n) is 8.77. The molecule has 49 heavy (non-hydrogen) atoms. The average Bonchev–Trinajstić information content (AvgIpc) is 3.64. The Labute approximate surface area is 283 Å². The Bertz CT molecular complexity index is 2580. The van der Waals surface area contributed by atoms with Crippen LogP contribution >= 0.6 is 0 Å². The van der Waals surface area contributed by atoms with Crippen molar-refractivity contribution < 1.29 is 4.42 Å². The zero-order chi connectivity index (χ0) is 32.6. The van der Waals surface area contributed by atoms with E-state index in [0.29, 0.717) is 28.9 Å². The minimum absolute atomic E-state index is 0.569. The van der Waals surface area contributed by atoms with Crippen molar-refractivity contribution in [3.63, 3.8) is 0 Å². The standard InChI is InChI=1S/C44H28N4O/c1-4-12-29(13-5-1)35-19-10-20-36(28-35)30-22-24-33(25-23-30)42-46-41(32-14-6-2-7-15-32)47-43(48-42)37-21-11-18-31-26-27-38-40(39(31)37)49-44(45-38)34-16-8-3-9-17-34/h1-28H. The summed E-state index contributed by atoms with van der Waals surface area (Å²) in [6.45, 7) is 0. The highest BCUT2D eigenvalue weighted by atomic mass is 16.3. The molecule has 0 radical (unpaired) electrons. The van der Waals surface area contributed by atoms with E-state index >= 15 is 0 Å². The number of hydrogen-bond donors (Lipinski definition) is 0. The van der Waals surface area contributed by atoms with Crippen LogP contribution < -0.4 is 0 Å². The topological polar surface area (TPSA) is 64.7 Å². The number of nitrogens with zero attached hydrogens (tertiary/aromatic N) is 4. The first kappa shape index (κ1) is 28.5. The van der Waals surface area contributed by atoms with Gasteiger partial charge < -0.3 is 4.42 Å². The molecule has 0 amide bonds. The third-order valence-corrected chi connectivity index (χ3v) is 8.77. The Kier molecular flexibility index (Phi) is 7.06. The van der Waals surface area contributed by atoms with Gasteiger partial charge in [-0.3, -0.25) is 0 Å². The van der Waals surface area contributed by atoms with Gasteiger partial charge in [-0.2, -0.15) is 0 Å². The first-order chi connectivity index (χ1) is 24.3. The molecule has 0 saturated carbocycles. The van der Waals surface area contributed by atoms with Gasteiger partial charge in [-0.05, 0) is 51.9 Å². The predicted octanol–water partition coefficient (Wildman–Crippen LogP) is 11.2. The van der Waals surface area contributed by atoms with E-state index in [-0.39, 0.29) is 0 Å². The predicted molar refractivity (Wildman–Crippen MR) is 198 cm³/mol. The van der Waals surface area contributed by atoms with Crippen LogP contribution in [0.3, 0.4) is 0 Å². The lowest BCUT2D eigenvalue weighted by atomic mass is 9.98. The summed E-state index contributed by atoms with van der Waals surface area (Å²) in [4.78, 5) is 20.0. The van der Waals surface area contributed by atoms with Gasteiger partial charge in [0.2, 0.25) is 5.89 Å². The van der Waals surface area contributed by atoms with Gasteiger partial charge in [-0.15, -0.1) is 0 Å². The highest BCUT2D eigenvalue weighted by Gasteiger charge is 2.18. The van der Waals surface area contributed by atoms with Crippen molar-refractivity contribution in [1.82, 2.24) is 19.9 Å². The van der Waals surface area contributed by atoms with Crippen LogP contribution in [0.4, 0.5) is 0 Å². The molecule has 0 N–H and O–H groups in total. The Morgan fingerprint density at radius 2 is 0.857 bits per heavy atom. The summed E-state index contributed by atoms with van der Waals surface area (Å²) in [5, 5.41) is 1.94. The molecule has 9 aromatic rings. The number of hydrogen-bond acceptors (Lipinski definition) is 5. The van der Waals surface area contributed by atoms with Crippen molar-refractivity contribution in [3.05, 3.63) is 170 Å². The zero-order valence-corrected chi connectivity index (χ0v) is 26.4. The highest BCUT2D eigenvalue weighted by Crippen LogP contribution is 2.37. The van der Waals surface area contributed by atoms with Gasteiger partial charge in [0.15, 0.2) is 23.1 Å². The first-order valence-corrected chi connectivity index (χ1v) is 16.2. The van der Waals surface area contributed by atoms with Crippen molar-refractivity contribution in [2.24, 2.45) is 0 Å². The molecule has 0 aliphatic heterocycles. The van der Waals surface area contributed by atoms with E-state index in [0.717, 1.165) is 49.7 Å². The normalized spacial score (nSPS) is 11.3. The molecule has 0 atom stereocenters. The summed E-state index contributed by atoms with van der Waals surface area (Å²) in [6.07, 6.45) is 0. The number of aromatic nitrogens is 4. The molecule has 0 spiro atoms. The van der Waals surface area contributed by atoms with Crippen molar-refractivity contribution >= 4 is 21.9 Å². The van der Waals surface area contributed by atoms with Crippen molar-refractivity contribution in [3.8, 4) is 67.9 Å². The SMILES string of the molecule is c1ccc(-c2cccc(-c3ccc(-c4nc(-c5ccccc5)nc(-c5cccc6ccc7nc(-c8ccccc8)oc7c56)n4)cc3)c2)cc1. The largest absolute Gasteiger partial charge is 0.435 e. The molecular formula is C44H28N4O. The van der Waals surface area contributed by atoms with Crippen LogP contribution in [0.25, 0.3) is 89.7 Å². The number of rotatable bonds is 6. The average molecular weight is 629 g/mol.